The van der Waals surface area contributed by atoms with Crippen LogP contribution in [0.3, 0.4) is 0 Å². The number of nitrogens with zero attached hydrogens (tertiary/aromatic N) is 3. The van der Waals surface area contributed by atoms with Crippen LogP contribution in [-0.2, 0) is 0 Å². The molecule has 2 saturated heterocycles. The smallest absolute Gasteiger partial charge is 0.317 e. The van der Waals surface area contributed by atoms with Crippen molar-refractivity contribution < 1.29 is 4.79 Å². The number of benzene rings is 1. The van der Waals surface area contributed by atoms with E-state index < -0.39 is 0 Å². The van der Waals surface area contributed by atoms with Gasteiger partial charge in [0, 0.05) is 61.1 Å². The summed E-state index contributed by atoms with van der Waals surface area (Å²) in [5.41, 5.74) is 1.41. The minimum atomic E-state index is 0.178. The van der Waals surface area contributed by atoms with Crippen molar-refractivity contribution in [2.45, 2.75) is 51.0 Å². The van der Waals surface area contributed by atoms with Crippen LogP contribution in [0, 0.1) is 5.92 Å². The second kappa shape index (κ2) is 9.78. The Hall–Kier alpha value is -1.79. The van der Waals surface area contributed by atoms with Gasteiger partial charge >= 0.3 is 6.03 Å². The highest BCUT2D eigenvalue weighted by Gasteiger charge is 2.26. The Balaban J connectivity index is 1.02. The molecule has 5 rings (SSSR count). The second-order valence-electron chi connectivity index (χ2n) is 9.59. The minimum Gasteiger partial charge on any atom is -0.368 e. The Morgan fingerprint density at radius 2 is 1.74 bits per heavy atom. The number of hydrogen-bond donors (Lipinski definition) is 1. The van der Waals surface area contributed by atoms with Crippen LogP contribution in [0.5, 0.6) is 0 Å². The summed E-state index contributed by atoms with van der Waals surface area (Å²) in [5, 5.41) is 6.91. The highest BCUT2D eigenvalue weighted by atomic mass is 32.1. The molecule has 1 aliphatic carbocycles. The molecule has 1 aromatic heterocycles. The first-order valence-electron chi connectivity index (χ1n) is 12.3. The number of fused-ring (bicyclic) bond motifs is 1. The molecule has 6 heteroatoms. The molecule has 5 nitrogen and oxygen atoms in total. The van der Waals surface area contributed by atoms with Crippen molar-refractivity contribution in [2.24, 2.45) is 5.92 Å². The maximum Gasteiger partial charge on any atom is 0.317 e. The number of urea groups is 1. The molecule has 0 spiro atoms. The molecular weight excluding hydrogens is 404 g/mol. The van der Waals surface area contributed by atoms with E-state index in [-0.39, 0.29) is 6.03 Å². The summed E-state index contributed by atoms with van der Waals surface area (Å²) in [5.74, 6) is 0.831. The quantitative estimate of drug-likeness (QED) is 0.727. The first kappa shape index (κ1) is 21.1. The van der Waals surface area contributed by atoms with E-state index in [1.807, 2.05) is 16.2 Å². The normalized spacial score (nSPS) is 25.3. The molecule has 3 aliphatic rings. The van der Waals surface area contributed by atoms with Gasteiger partial charge in [0.2, 0.25) is 0 Å². The molecule has 0 atom stereocenters. The van der Waals surface area contributed by atoms with Crippen LogP contribution in [0.4, 0.5) is 10.5 Å². The molecular formula is C25H36N4OS. The molecule has 3 heterocycles. The zero-order chi connectivity index (χ0) is 21.0. The maximum atomic E-state index is 12.3. The van der Waals surface area contributed by atoms with Crippen LogP contribution in [0.15, 0.2) is 29.6 Å². The van der Waals surface area contributed by atoms with Crippen molar-refractivity contribution in [3.8, 4) is 0 Å². The summed E-state index contributed by atoms with van der Waals surface area (Å²) < 4.78 is 1.40. The zero-order valence-corrected chi connectivity index (χ0v) is 19.4. The van der Waals surface area contributed by atoms with Crippen LogP contribution in [-0.4, -0.2) is 67.7 Å². The van der Waals surface area contributed by atoms with Gasteiger partial charge in [-0.15, -0.1) is 11.3 Å². The van der Waals surface area contributed by atoms with Crippen molar-refractivity contribution in [3.63, 3.8) is 0 Å². The Kier molecular flexibility index (Phi) is 6.65. The van der Waals surface area contributed by atoms with Gasteiger partial charge < -0.3 is 15.1 Å². The molecule has 3 fully saturated rings. The predicted molar refractivity (Wildman–Crippen MR) is 130 cm³/mol. The largest absolute Gasteiger partial charge is 0.368 e. The van der Waals surface area contributed by atoms with Crippen molar-refractivity contribution in [3.05, 3.63) is 29.6 Å². The average Bonchev–Trinajstić information content (AvgIpc) is 3.51. The van der Waals surface area contributed by atoms with E-state index in [2.05, 4.69) is 44.8 Å². The molecule has 1 aromatic carbocycles. The fourth-order valence-electron chi connectivity index (χ4n) is 5.61. The van der Waals surface area contributed by atoms with Crippen LogP contribution >= 0.6 is 11.3 Å². The van der Waals surface area contributed by atoms with E-state index in [9.17, 15) is 4.79 Å². The third kappa shape index (κ3) is 5.01. The van der Waals surface area contributed by atoms with Gasteiger partial charge in [0.05, 0.1) is 0 Å². The lowest BCUT2D eigenvalue weighted by Gasteiger charge is -2.37. The second-order valence-corrected chi connectivity index (χ2v) is 10.5. The molecule has 1 saturated carbocycles. The lowest BCUT2D eigenvalue weighted by Crippen LogP contribution is -2.47. The number of carbonyl (C=O) groups excluding carboxylic acids is 1. The minimum absolute atomic E-state index is 0.178. The summed E-state index contributed by atoms with van der Waals surface area (Å²) >= 11 is 1.84. The SMILES string of the molecule is O=C(NC1CCC(CCN2CCN(c3cccc4sccc34)CC2)CC1)N1CCCC1. The Bertz CT molecular complexity index is 861. The first-order chi connectivity index (χ1) is 15.3. The number of carbonyl (C=O) groups is 1. The number of nitrogens with one attached hydrogen (secondary N) is 1. The number of thiophene rings is 1. The fraction of sp³-hybridized carbons (Fsp3) is 0.640. The number of hydrogen-bond acceptors (Lipinski definition) is 4. The van der Waals surface area contributed by atoms with E-state index in [4.69, 9.17) is 0 Å². The van der Waals surface area contributed by atoms with Crippen molar-refractivity contribution in [1.82, 2.24) is 15.1 Å². The van der Waals surface area contributed by atoms with Gasteiger partial charge in [-0.05, 0) is 81.0 Å². The summed E-state index contributed by atoms with van der Waals surface area (Å²) in [6.45, 7) is 7.71. The molecule has 168 valence electrons. The van der Waals surface area contributed by atoms with Gasteiger partial charge in [-0.2, -0.15) is 0 Å². The molecule has 31 heavy (non-hydrogen) atoms. The van der Waals surface area contributed by atoms with Gasteiger partial charge in [-0.3, -0.25) is 4.90 Å². The average molecular weight is 441 g/mol. The Labute approximate surface area is 190 Å². The topological polar surface area (TPSA) is 38.8 Å². The third-order valence-electron chi connectivity index (χ3n) is 7.61. The monoisotopic (exact) mass is 440 g/mol. The van der Waals surface area contributed by atoms with Crippen LogP contribution in [0.25, 0.3) is 10.1 Å². The van der Waals surface area contributed by atoms with E-state index in [0.29, 0.717) is 6.04 Å². The molecule has 0 unspecified atom stereocenters. The van der Waals surface area contributed by atoms with Gasteiger partial charge in [0.25, 0.3) is 0 Å². The summed E-state index contributed by atoms with van der Waals surface area (Å²) in [4.78, 5) is 19.5. The molecule has 2 amide bonds. The highest BCUT2D eigenvalue weighted by Crippen LogP contribution is 2.31. The van der Waals surface area contributed by atoms with E-state index in [1.165, 1.54) is 54.7 Å². The number of anilines is 1. The van der Waals surface area contributed by atoms with E-state index >= 15 is 0 Å². The van der Waals surface area contributed by atoms with Gasteiger partial charge in [0.1, 0.15) is 0 Å². The molecule has 2 aliphatic heterocycles. The standard InChI is InChI=1S/C25H36N4OS/c30-25(29-12-1-2-13-29)26-21-8-6-20(7-9-21)10-14-27-15-17-28(18-16-27)23-4-3-5-24-22(23)11-19-31-24/h3-5,11,19-21H,1-2,6-10,12-18H2,(H,26,30). The predicted octanol–water partition coefficient (Wildman–Crippen LogP) is 4.78. The number of amides is 2. The van der Waals surface area contributed by atoms with Gasteiger partial charge in [0.15, 0.2) is 0 Å². The van der Waals surface area contributed by atoms with Crippen LogP contribution in [0.2, 0.25) is 0 Å². The summed E-state index contributed by atoms with van der Waals surface area (Å²) in [6, 6.07) is 9.55. The first-order valence-corrected chi connectivity index (χ1v) is 13.1. The fourth-order valence-corrected chi connectivity index (χ4v) is 6.42. The molecule has 0 radical (unpaired) electrons. The molecule has 2 aromatic rings. The van der Waals surface area contributed by atoms with Crippen LogP contribution < -0.4 is 10.2 Å². The van der Waals surface area contributed by atoms with Crippen molar-refractivity contribution in [2.75, 3.05) is 50.7 Å². The Morgan fingerprint density at radius 1 is 0.968 bits per heavy atom. The molecule has 0 bridgehead atoms. The van der Waals surface area contributed by atoms with Crippen molar-refractivity contribution >= 4 is 33.1 Å². The van der Waals surface area contributed by atoms with Crippen LogP contribution in [0.1, 0.15) is 44.9 Å². The van der Waals surface area contributed by atoms with Gasteiger partial charge in [-0.25, -0.2) is 4.79 Å². The number of likely N-dealkylation sites (tertiary alicyclic amines) is 1. The lowest BCUT2D eigenvalue weighted by molar-refractivity contribution is 0.189. The summed E-state index contributed by atoms with van der Waals surface area (Å²) in [6.07, 6.45) is 8.49. The van der Waals surface area contributed by atoms with E-state index in [0.717, 1.165) is 57.8 Å². The summed E-state index contributed by atoms with van der Waals surface area (Å²) in [7, 11) is 0. The zero-order valence-electron chi connectivity index (χ0n) is 18.6. The number of rotatable bonds is 5. The number of piperazine rings is 1. The van der Waals surface area contributed by atoms with Gasteiger partial charge in [-0.1, -0.05) is 6.07 Å². The van der Waals surface area contributed by atoms with E-state index in [1.54, 1.807) is 0 Å². The lowest BCUT2D eigenvalue weighted by atomic mass is 9.84. The highest BCUT2D eigenvalue weighted by molar-refractivity contribution is 7.17. The Morgan fingerprint density at radius 3 is 2.52 bits per heavy atom. The molecule has 1 N–H and O–H groups in total. The maximum absolute atomic E-state index is 12.3. The third-order valence-corrected chi connectivity index (χ3v) is 8.49. The van der Waals surface area contributed by atoms with Crippen molar-refractivity contribution in [1.29, 1.82) is 0 Å².